The molecule has 0 spiro atoms. The summed E-state index contributed by atoms with van der Waals surface area (Å²) in [5.41, 5.74) is -0.340. The van der Waals surface area contributed by atoms with Crippen molar-refractivity contribution >= 4 is 10.0 Å². The summed E-state index contributed by atoms with van der Waals surface area (Å²) in [6.45, 7) is 0.0530. The van der Waals surface area contributed by atoms with E-state index in [9.17, 15) is 17.2 Å². The van der Waals surface area contributed by atoms with Gasteiger partial charge in [-0.15, -0.1) is 0 Å². The summed E-state index contributed by atoms with van der Waals surface area (Å²) in [4.78, 5) is -0.725. The second-order valence-electron chi connectivity index (χ2n) is 4.41. The van der Waals surface area contributed by atoms with Crippen molar-refractivity contribution in [3.63, 3.8) is 0 Å². The SMILES string of the molecule is O=S(=O)(NC1CCOC1)c1c(F)cc(F)cc1C#CCO. The van der Waals surface area contributed by atoms with Gasteiger partial charge >= 0.3 is 0 Å². The Hall–Kier alpha value is -1.53. The molecule has 1 atom stereocenters. The Morgan fingerprint density at radius 1 is 1.43 bits per heavy atom. The number of nitrogens with one attached hydrogen (secondary N) is 1. The van der Waals surface area contributed by atoms with Gasteiger partial charge in [-0.05, 0) is 12.5 Å². The third kappa shape index (κ3) is 3.77. The number of ether oxygens (including phenoxy) is 1. The van der Waals surface area contributed by atoms with Gasteiger partial charge < -0.3 is 9.84 Å². The van der Waals surface area contributed by atoms with Crippen LogP contribution in [-0.4, -0.2) is 39.4 Å². The van der Waals surface area contributed by atoms with E-state index in [2.05, 4.69) is 16.6 Å². The fourth-order valence-corrected chi connectivity index (χ4v) is 3.42. The highest BCUT2D eigenvalue weighted by molar-refractivity contribution is 7.89. The molecule has 0 bridgehead atoms. The molecule has 0 aromatic heterocycles. The first-order valence-electron chi connectivity index (χ1n) is 6.13. The van der Waals surface area contributed by atoms with E-state index in [0.29, 0.717) is 19.1 Å². The Bertz CT molecular complexity index is 688. The van der Waals surface area contributed by atoms with Crippen LogP contribution in [-0.2, 0) is 14.8 Å². The normalized spacial score (nSPS) is 18.3. The van der Waals surface area contributed by atoms with Crippen molar-refractivity contribution < 1.29 is 27.0 Å². The zero-order valence-electron chi connectivity index (χ0n) is 10.9. The molecule has 2 N–H and O–H groups in total. The predicted octanol–water partition coefficient (Wildman–Crippen LogP) is 0.376. The van der Waals surface area contributed by atoms with Crippen molar-refractivity contribution in [2.24, 2.45) is 0 Å². The molecule has 0 saturated carbocycles. The second-order valence-corrected chi connectivity index (χ2v) is 6.06. The minimum Gasteiger partial charge on any atom is -0.384 e. The van der Waals surface area contributed by atoms with Crippen LogP contribution in [0.25, 0.3) is 0 Å². The molecule has 0 radical (unpaired) electrons. The van der Waals surface area contributed by atoms with Crippen LogP contribution in [0, 0.1) is 23.5 Å². The Labute approximate surface area is 121 Å². The fraction of sp³-hybridized carbons (Fsp3) is 0.385. The number of hydrogen-bond donors (Lipinski definition) is 2. The third-order valence-corrected chi connectivity index (χ3v) is 4.43. The van der Waals surface area contributed by atoms with Crippen molar-refractivity contribution in [3.05, 3.63) is 29.3 Å². The van der Waals surface area contributed by atoms with Gasteiger partial charge in [-0.1, -0.05) is 11.8 Å². The number of benzene rings is 1. The maximum absolute atomic E-state index is 13.9. The first-order valence-corrected chi connectivity index (χ1v) is 7.61. The van der Waals surface area contributed by atoms with E-state index >= 15 is 0 Å². The van der Waals surface area contributed by atoms with E-state index in [-0.39, 0.29) is 12.2 Å². The standard InChI is InChI=1S/C13H13F2NO4S/c14-10-6-9(2-1-4-17)13(12(15)7-10)21(18,19)16-11-3-5-20-8-11/h6-7,11,16-17H,3-5,8H2. The lowest BCUT2D eigenvalue weighted by molar-refractivity contribution is 0.192. The monoisotopic (exact) mass is 317 g/mol. The van der Waals surface area contributed by atoms with Crippen LogP contribution in [0.5, 0.6) is 0 Å². The predicted molar refractivity (Wildman–Crippen MR) is 69.9 cm³/mol. The van der Waals surface area contributed by atoms with E-state index in [0.717, 1.165) is 6.07 Å². The number of rotatable bonds is 3. The summed E-state index contributed by atoms with van der Waals surface area (Å²) in [6.07, 6.45) is 0.472. The second kappa shape index (κ2) is 6.49. The quantitative estimate of drug-likeness (QED) is 0.790. The van der Waals surface area contributed by atoms with Gasteiger partial charge in [0.1, 0.15) is 23.1 Å². The van der Waals surface area contributed by atoms with Gasteiger partial charge in [0.2, 0.25) is 10.0 Å². The summed E-state index contributed by atoms with van der Waals surface area (Å²) in [5, 5.41) is 8.65. The van der Waals surface area contributed by atoms with Crippen LogP contribution in [0.15, 0.2) is 17.0 Å². The van der Waals surface area contributed by atoms with Gasteiger partial charge in [-0.2, -0.15) is 0 Å². The van der Waals surface area contributed by atoms with Gasteiger partial charge in [0.25, 0.3) is 0 Å². The van der Waals surface area contributed by atoms with Crippen molar-refractivity contribution in [1.82, 2.24) is 4.72 Å². The molecule has 1 saturated heterocycles. The lowest BCUT2D eigenvalue weighted by Gasteiger charge is -2.13. The largest absolute Gasteiger partial charge is 0.384 e. The number of sulfonamides is 1. The molecule has 2 rings (SSSR count). The lowest BCUT2D eigenvalue weighted by Crippen LogP contribution is -2.36. The third-order valence-electron chi connectivity index (χ3n) is 2.83. The van der Waals surface area contributed by atoms with Crippen LogP contribution >= 0.6 is 0 Å². The molecule has 0 amide bonds. The van der Waals surface area contributed by atoms with Gasteiger partial charge in [0, 0.05) is 18.7 Å². The van der Waals surface area contributed by atoms with Gasteiger partial charge in [-0.3, -0.25) is 0 Å². The Balaban J connectivity index is 2.45. The molecule has 21 heavy (non-hydrogen) atoms. The van der Waals surface area contributed by atoms with Crippen molar-refractivity contribution in [2.45, 2.75) is 17.4 Å². The Morgan fingerprint density at radius 2 is 2.19 bits per heavy atom. The van der Waals surface area contributed by atoms with E-state index in [4.69, 9.17) is 9.84 Å². The molecule has 1 heterocycles. The number of aliphatic hydroxyl groups is 1. The van der Waals surface area contributed by atoms with Crippen LogP contribution in [0.4, 0.5) is 8.78 Å². The molecule has 0 aliphatic carbocycles. The minimum absolute atomic E-state index is 0.194. The zero-order chi connectivity index (χ0) is 15.5. The van der Waals surface area contributed by atoms with E-state index < -0.39 is 39.2 Å². The zero-order valence-corrected chi connectivity index (χ0v) is 11.7. The Morgan fingerprint density at radius 3 is 2.81 bits per heavy atom. The molecule has 1 aliphatic rings. The van der Waals surface area contributed by atoms with E-state index in [1.807, 2.05) is 0 Å². The summed E-state index contributed by atoms with van der Waals surface area (Å²) in [7, 11) is -4.21. The summed E-state index contributed by atoms with van der Waals surface area (Å²) < 4.78 is 58.9. The number of aliphatic hydroxyl groups excluding tert-OH is 1. The maximum Gasteiger partial charge on any atom is 0.245 e. The van der Waals surface area contributed by atoms with E-state index in [1.165, 1.54) is 0 Å². The molecule has 114 valence electrons. The molecule has 1 unspecified atom stereocenters. The summed E-state index contributed by atoms with van der Waals surface area (Å²) in [5.74, 6) is 2.25. The molecule has 1 aliphatic heterocycles. The van der Waals surface area contributed by atoms with E-state index in [1.54, 1.807) is 0 Å². The molecular formula is C13H13F2NO4S. The van der Waals surface area contributed by atoms with Crippen molar-refractivity contribution in [2.75, 3.05) is 19.8 Å². The lowest BCUT2D eigenvalue weighted by atomic mass is 10.2. The molecule has 1 aromatic carbocycles. The van der Waals surface area contributed by atoms with Crippen LogP contribution in [0.3, 0.4) is 0 Å². The number of hydrogen-bond acceptors (Lipinski definition) is 4. The molecular weight excluding hydrogens is 304 g/mol. The smallest absolute Gasteiger partial charge is 0.245 e. The summed E-state index contributed by atoms with van der Waals surface area (Å²) in [6, 6.07) is 0.827. The van der Waals surface area contributed by atoms with Gasteiger partial charge in [0.05, 0.1) is 12.2 Å². The number of halogens is 2. The van der Waals surface area contributed by atoms with Crippen molar-refractivity contribution in [1.29, 1.82) is 0 Å². The Kier molecular flexibility index (Phi) is 4.90. The highest BCUT2D eigenvalue weighted by Crippen LogP contribution is 2.22. The van der Waals surface area contributed by atoms with Crippen LogP contribution < -0.4 is 4.72 Å². The van der Waals surface area contributed by atoms with Crippen molar-refractivity contribution in [3.8, 4) is 11.8 Å². The topological polar surface area (TPSA) is 75.6 Å². The first-order chi connectivity index (χ1) is 9.94. The van der Waals surface area contributed by atoms with Gasteiger partial charge in [0.15, 0.2) is 0 Å². The summed E-state index contributed by atoms with van der Waals surface area (Å²) >= 11 is 0. The fourth-order valence-electron chi connectivity index (χ4n) is 1.97. The maximum atomic E-state index is 13.9. The van der Waals surface area contributed by atoms with Crippen LogP contribution in [0.1, 0.15) is 12.0 Å². The highest BCUT2D eigenvalue weighted by atomic mass is 32.2. The molecule has 8 heteroatoms. The minimum atomic E-state index is -4.21. The van der Waals surface area contributed by atoms with Gasteiger partial charge in [-0.25, -0.2) is 21.9 Å². The molecule has 1 fully saturated rings. The van der Waals surface area contributed by atoms with Crippen LogP contribution in [0.2, 0.25) is 0 Å². The average molecular weight is 317 g/mol. The molecule has 1 aromatic rings. The highest BCUT2D eigenvalue weighted by Gasteiger charge is 2.28. The molecule has 5 nitrogen and oxygen atoms in total. The average Bonchev–Trinajstić information content (AvgIpc) is 2.86. The first kappa shape index (κ1) is 15.9.